The van der Waals surface area contributed by atoms with E-state index in [9.17, 15) is 18.8 Å². The van der Waals surface area contributed by atoms with Crippen LogP contribution in [-0.2, 0) is 4.79 Å². The van der Waals surface area contributed by atoms with Gasteiger partial charge in [0.25, 0.3) is 11.5 Å². The van der Waals surface area contributed by atoms with Crippen molar-refractivity contribution in [1.29, 1.82) is 0 Å². The Labute approximate surface area is 187 Å². The molecule has 3 aromatic rings. The van der Waals surface area contributed by atoms with Crippen molar-refractivity contribution in [3.63, 3.8) is 0 Å². The molecule has 2 aromatic carbocycles. The molecule has 2 heterocycles. The van der Waals surface area contributed by atoms with E-state index in [1.807, 2.05) is 0 Å². The molecule has 2 amide bonds. The lowest BCUT2D eigenvalue weighted by molar-refractivity contribution is -0.119. The van der Waals surface area contributed by atoms with E-state index in [1.54, 1.807) is 31.4 Å². The summed E-state index contributed by atoms with van der Waals surface area (Å²) in [5.41, 5.74) is 0.468. The number of methoxy groups -OCH3 is 1. The van der Waals surface area contributed by atoms with E-state index in [1.165, 1.54) is 53.1 Å². The van der Waals surface area contributed by atoms with Crippen LogP contribution in [0.5, 0.6) is 5.75 Å². The van der Waals surface area contributed by atoms with Crippen molar-refractivity contribution in [1.82, 2.24) is 14.7 Å². The highest BCUT2D eigenvalue weighted by Gasteiger charge is 2.36. The molecular formula is C22H19FN4O4S. The highest BCUT2D eigenvalue weighted by Crippen LogP contribution is 2.24. The minimum absolute atomic E-state index is 0.0127. The van der Waals surface area contributed by atoms with Gasteiger partial charge in [-0.1, -0.05) is 0 Å². The van der Waals surface area contributed by atoms with E-state index < -0.39 is 23.3 Å². The third-order valence-corrected chi connectivity index (χ3v) is 5.91. The monoisotopic (exact) mass is 454 g/mol. The fourth-order valence-electron chi connectivity index (χ4n) is 3.20. The number of nitrogens with zero attached hydrogens (tertiary/aromatic N) is 3. The van der Waals surface area contributed by atoms with Crippen LogP contribution in [0.15, 0.2) is 65.5 Å². The third-order valence-electron chi connectivity index (χ3n) is 4.89. The molecule has 1 aromatic heterocycles. The summed E-state index contributed by atoms with van der Waals surface area (Å²) in [4.78, 5) is 39.6. The predicted octanol–water partition coefficient (Wildman–Crippen LogP) is 2.53. The number of thioether (sulfide) groups is 1. The Bertz CT molecular complexity index is 1200. The minimum atomic E-state index is -0.692. The van der Waals surface area contributed by atoms with Gasteiger partial charge in [-0.15, -0.1) is 11.8 Å². The molecule has 1 N–H and O–H groups in total. The summed E-state index contributed by atoms with van der Waals surface area (Å²) in [6.07, 6.45) is 0. The first-order valence-electron chi connectivity index (χ1n) is 9.66. The van der Waals surface area contributed by atoms with E-state index in [-0.39, 0.29) is 11.6 Å². The average molecular weight is 454 g/mol. The number of aromatic nitrogens is 2. The van der Waals surface area contributed by atoms with E-state index >= 15 is 0 Å². The quantitative estimate of drug-likeness (QED) is 0.637. The molecule has 1 saturated heterocycles. The molecule has 8 nitrogen and oxygen atoms in total. The summed E-state index contributed by atoms with van der Waals surface area (Å²) in [5, 5.41) is 6.96. The molecule has 0 spiro atoms. The molecular weight excluding hydrogens is 435 g/mol. The molecule has 1 fully saturated rings. The van der Waals surface area contributed by atoms with Gasteiger partial charge in [0, 0.05) is 17.5 Å². The lowest BCUT2D eigenvalue weighted by Gasteiger charge is -2.23. The maximum Gasteiger partial charge on any atom is 0.275 e. The summed E-state index contributed by atoms with van der Waals surface area (Å²) in [7, 11) is 1.56. The number of ether oxygens (including phenoxy) is 1. The van der Waals surface area contributed by atoms with Gasteiger partial charge in [0.1, 0.15) is 23.3 Å². The first-order chi connectivity index (χ1) is 15.5. The van der Waals surface area contributed by atoms with Gasteiger partial charge in [-0.3, -0.25) is 14.4 Å². The Balaban J connectivity index is 1.54. The van der Waals surface area contributed by atoms with Gasteiger partial charge in [-0.25, -0.2) is 4.39 Å². The van der Waals surface area contributed by atoms with Crippen molar-refractivity contribution in [3.8, 4) is 11.4 Å². The van der Waals surface area contributed by atoms with Crippen molar-refractivity contribution in [2.45, 2.75) is 6.04 Å². The number of hydrogen-bond donors (Lipinski definition) is 1. The molecule has 1 aliphatic rings. The van der Waals surface area contributed by atoms with Crippen LogP contribution in [0.2, 0.25) is 0 Å². The second-order valence-electron chi connectivity index (χ2n) is 6.95. The number of hydrogen-bond acceptors (Lipinski definition) is 6. The van der Waals surface area contributed by atoms with Gasteiger partial charge in [-0.2, -0.15) is 9.78 Å². The first-order valence-corrected chi connectivity index (χ1v) is 10.8. The number of carbonyl (C=O) groups excluding carboxylic acids is 2. The number of halogens is 1. The van der Waals surface area contributed by atoms with Crippen LogP contribution in [0, 0.1) is 5.82 Å². The normalized spacial score (nSPS) is 15.4. The van der Waals surface area contributed by atoms with Gasteiger partial charge in [0.2, 0.25) is 5.91 Å². The van der Waals surface area contributed by atoms with Crippen molar-refractivity contribution in [2.75, 3.05) is 24.1 Å². The number of rotatable bonds is 5. The van der Waals surface area contributed by atoms with Crippen molar-refractivity contribution in [2.24, 2.45) is 0 Å². The maximum absolute atomic E-state index is 13.2. The molecule has 0 radical (unpaired) electrons. The van der Waals surface area contributed by atoms with Crippen LogP contribution in [-0.4, -0.2) is 51.3 Å². The fourth-order valence-corrected chi connectivity index (χ4v) is 4.35. The molecule has 164 valence electrons. The van der Waals surface area contributed by atoms with Crippen LogP contribution < -0.4 is 15.6 Å². The summed E-state index contributed by atoms with van der Waals surface area (Å²) in [6.45, 7) is 0. The lowest BCUT2D eigenvalue weighted by atomic mass is 10.2. The largest absolute Gasteiger partial charge is 0.497 e. The Morgan fingerprint density at radius 1 is 1.09 bits per heavy atom. The summed E-state index contributed by atoms with van der Waals surface area (Å²) in [6, 6.07) is 13.9. The van der Waals surface area contributed by atoms with Gasteiger partial charge >= 0.3 is 0 Å². The number of carbonyl (C=O) groups is 2. The standard InChI is InChI=1S/C22H19FN4O4S/c1-31-17-8-4-15(5-9-17)24-21(29)19-12-32-13-26(19)22(30)18-10-11-20(28)27(25-18)16-6-2-14(23)3-7-16/h2-11,19H,12-13H2,1H3,(H,24,29). The van der Waals surface area contributed by atoms with E-state index in [0.717, 1.165) is 4.68 Å². The lowest BCUT2D eigenvalue weighted by Crippen LogP contribution is -2.45. The second kappa shape index (κ2) is 9.23. The number of nitrogens with one attached hydrogen (secondary N) is 1. The highest BCUT2D eigenvalue weighted by atomic mass is 32.2. The molecule has 1 aliphatic heterocycles. The van der Waals surface area contributed by atoms with Gasteiger partial charge in [-0.05, 0) is 54.6 Å². The van der Waals surface area contributed by atoms with Gasteiger partial charge in [0.15, 0.2) is 0 Å². The van der Waals surface area contributed by atoms with E-state index in [2.05, 4.69) is 10.4 Å². The zero-order chi connectivity index (χ0) is 22.7. The van der Waals surface area contributed by atoms with E-state index in [4.69, 9.17) is 4.74 Å². The highest BCUT2D eigenvalue weighted by molar-refractivity contribution is 7.99. The van der Waals surface area contributed by atoms with Gasteiger partial charge < -0.3 is 15.0 Å². The zero-order valence-electron chi connectivity index (χ0n) is 17.0. The minimum Gasteiger partial charge on any atom is -0.497 e. The Morgan fingerprint density at radius 2 is 1.81 bits per heavy atom. The molecule has 1 atom stereocenters. The second-order valence-corrected chi connectivity index (χ2v) is 7.95. The smallest absolute Gasteiger partial charge is 0.275 e. The molecule has 1 unspecified atom stereocenters. The van der Waals surface area contributed by atoms with Crippen LogP contribution >= 0.6 is 11.8 Å². The molecule has 10 heteroatoms. The van der Waals surface area contributed by atoms with Crippen LogP contribution in [0.4, 0.5) is 10.1 Å². The van der Waals surface area contributed by atoms with Gasteiger partial charge in [0.05, 0.1) is 18.7 Å². The average Bonchev–Trinajstić information content (AvgIpc) is 3.30. The Hall–Kier alpha value is -3.66. The van der Waals surface area contributed by atoms with Crippen molar-refractivity contribution >= 4 is 29.3 Å². The molecule has 32 heavy (non-hydrogen) atoms. The SMILES string of the molecule is COc1ccc(NC(=O)C2CSCN2C(=O)c2ccc(=O)n(-c3ccc(F)cc3)n2)cc1. The number of benzene rings is 2. The van der Waals surface area contributed by atoms with Crippen LogP contribution in [0.25, 0.3) is 5.69 Å². The molecule has 0 saturated carbocycles. The predicted molar refractivity (Wildman–Crippen MR) is 119 cm³/mol. The zero-order valence-corrected chi connectivity index (χ0v) is 17.8. The molecule has 4 rings (SSSR count). The van der Waals surface area contributed by atoms with Crippen molar-refractivity contribution in [3.05, 3.63) is 82.5 Å². The molecule has 0 bridgehead atoms. The Morgan fingerprint density at radius 3 is 2.50 bits per heavy atom. The summed E-state index contributed by atoms with van der Waals surface area (Å²) >= 11 is 1.45. The number of amides is 2. The van der Waals surface area contributed by atoms with Crippen LogP contribution in [0.1, 0.15) is 10.5 Å². The molecule has 0 aliphatic carbocycles. The summed E-state index contributed by atoms with van der Waals surface area (Å²) in [5.74, 6) is 0.177. The third kappa shape index (κ3) is 4.50. The Kier molecular flexibility index (Phi) is 6.22. The number of anilines is 1. The van der Waals surface area contributed by atoms with Crippen molar-refractivity contribution < 1.29 is 18.7 Å². The van der Waals surface area contributed by atoms with Crippen LogP contribution in [0.3, 0.4) is 0 Å². The topological polar surface area (TPSA) is 93.5 Å². The summed E-state index contributed by atoms with van der Waals surface area (Å²) < 4.78 is 19.4. The fraction of sp³-hybridized carbons (Fsp3) is 0.182. The first kappa shape index (κ1) is 21.6. The van der Waals surface area contributed by atoms with E-state index in [0.29, 0.717) is 28.8 Å². The maximum atomic E-state index is 13.2.